The second-order valence-corrected chi connectivity index (χ2v) is 15.1. The molecule has 18 atom stereocenters. The molecule has 3 saturated heterocycles. The average molecular weight is 754 g/mol. The molecule has 0 aromatic rings. The molecule has 20 nitrogen and oxygen atoms in total. The largest absolute Gasteiger partial charge is 0.395 e. The van der Waals surface area contributed by atoms with Gasteiger partial charge in [-0.05, 0) is 37.5 Å². The normalized spacial score (nSPS) is 49.8. The summed E-state index contributed by atoms with van der Waals surface area (Å²) < 4.78 is 35.9. The van der Waals surface area contributed by atoms with E-state index in [0.29, 0.717) is 12.8 Å². The van der Waals surface area contributed by atoms with Gasteiger partial charge in [0, 0.05) is 32.1 Å². The minimum atomic E-state index is -1.65. The van der Waals surface area contributed by atoms with Gasteiger partial charge >= 0.3 is 0 Å². The molecule has 302 valence electrons. The monoisotopic (exact) mass is 753 g/mol. The Balaban J connectivity index is 1.35. The summed E-state index contributed by atoms with van der Waals surface area (Å²) in [6, 6.07) is -3.00. The van der Waals surface area contributed by atoms with Gasteiger partial charge in [-0.1, -0.05) is 6.92 Å². The molecular weight excluding hydrogens is 694 g/mol. The minimum Gasteiger partial charge on any atom is -0.395 e. The van der Waals surface area contributed by atoms with Crippen molar-refractivity contribution in [3.63, 3.8) is 0 Å². The molecule has 5 fully saturated rings. The van der Waals surface area contributed by atoms with Crippen molar-refractivity contribution in [3.8, 4) is 0 Å². The van der Waals surface area contributed by atoms with Crippen LogP contribution in [0.2, 0.25) is 0 Å². The predicted molar refractivity (Wildman–Crippen MR) is 176 cm³/mol. The maximum Gasteiger partial charge on any atom is 0.187 e. The van der Waals surface area contributed by atoms with E-state index < -0.39 is 128 Å². The quantitative estimate of drug-likeness (QED) is 0.0691. The summed E-state index contributed by atoms with van der Waals surface area (Å²) >= 11 is 0. The molecule has 17 N–H and O–H groups in total. The molecule has 5 rings (SSSR count). The van der Waals surface area contributed by atoms with Crippen LogP contribution < -0.4 is 28.3 Å². The molecule has 52 heavy (non-hydrogen) atoms. The van der Waals surface area contributed by atoms with Crippen LogP contribution in [-0.2, 0) is 33.2 Å². The molecule has 0 aromatic heterocycles. The number of Topliss-reactive ketones (excluding diaryl/α,β-unsaturated/α-hetero) is 1. The Morgan fingerprint density at radius 3 is 2.06 bits per heavy atom. The number of aliphatic hydroxyl groups excluding tert-OH is 7. The molecule has 0 radical (unpaired) electrons. The molecule has 0 amide bonds. The van der Waals surface area contributed by atoms with Crippen LogP contribution in [-0.4, -0.2) is 189 Å². The van der Waals surface area contributed by atoms with E-state index in [4.69, 9.17) is 56.5 Å². The Labute approximate surface area is 301 Å². The SMILES string of the molecule is CC1CC(O)(C(=O)C[C@@H]2C[C@H](N)[C@@H](O[C@H]3O[C@H](CNCCO)[C@@H](O)C[C@H]3N)[C@H](O[C@@H]3O[C@H](CO)[C@@H](O[C@H]4O[C@@H](CN)[C@@H](O)[C@H](O)[C@H]4N)[C@H]3O)[C@H]2O)C1. The topological polar surface area (TPSA) is 350 Å². The Bertz CT molecular complexity index is 1160. The van der Waals surface area contributed by atoms with Gasteiger partial charge in [0.1, 0.15) is 54.4 Å². The third-order valence-corrected chi connectivity index (χ3v) is 11.0. The van der Waals surface area contributed by atoms with Gasteiger partial charge < -0.3 is 97.5 Å². The predicted octanol–water partition coefficient (Wildman–Crippen LogP) is -6.83. The number of carbonyl (C=O) groups is 1. The van der Waals surface area contributed by atoms with Crippen LogP contribution in [0.3, 0.4) is 0 Å². The fourth-order valence-electron chi connectivity index (χ4n) is 8.03. The Morgan fingerprint density at radius 1 is 0.788 bits per heavy atom. The molecule has 3 aliphatic heterocycles. The lowest BCUT2D eigenvalue weighted by molar-refractivity contribution is -0.299. The number of hydrogen-bond donors (Lipinski definition) is 13. The number of aliphatic hydroxyl groups is 8. The Morgan fingerprint density at radius 2 is 1.42 bits per heavy atom. The Hall–Kier alpha value is -1.09. The highest BCUT2D eigenvalue weighted by molar-refractivity contribution is 5.88. The van der Waals surface area contributed by atoms with E-state index in [9.17, 15) is 40.5 Å². The smallest absolute Gasteiger partial charge is 0.187 e. The number of ether oxygens (including phenoxy) is 6. The van der Waals surface area contributed by atoms with Crippen LogP contribution >= 0.6 is 0 Å². The van der Waals surface area contributed by atoms with Crippen LogP contribution in [0.25, 0.3) is 0 Å². The zero-order valence-electron chi connectivity index (χ0n) is 29.3. The highest BCUT2D eigenvalue weighted by Crippen LogP contribution is 2.42. The van der Waals surface area contributed by atoms with Crippen LogP contribution in [0.15, 0.2) is 0 Å². The van der Waals surface area contributed by atoms with E-state index in [1.807, 2.05) is 6.92 Å². The molecule has 0 spiro atoms. The van der Waals surface area contributed by atoms with Crippen LogP contribution in [0.5, 0.6) is 0 Å². The fraction of sp³-hybridized carbons (Fsp3) is 0.969. The third-order valence-electron chi connectivity index (χ3n) is 11.0. The molecule has 3 heterocycles. The lowest BCUT2D eigenvalue weighted by Gasteiger charge is -2.48. The number of nitrogens with one attached hydrogen (secondary N) is 1. The summed E-state index contributed by atoms with van der Waals surface area (Å²) in [4.78, 5) is 13.2. The Kier molecular flexibility index (Phi) is 14.4. The fourth-order valence-corrected chi connectivity index (χ4v) is 8.03. The molecule has 5 aliphatic rings. The summed E-state index contributed by atoms with van der Waals surface area (Å²) in [7, 11) is 0. The van der Waals surface area contributed by atoms with Gasteiger partial charge in [0.15, 0.2) is 24.7 Å². The van der Waals surface area contributed by atoms with Crippen LogP contribution in [0.4, 0.5) is 0 Å². The summed E-state index contributed by atoms with van der Waals surface area (Å²) in [5.41, 5.74) is 23.2. The first-order chi connectivity index (χ1) is 24.6. The first-order valence-corrected chi connectivity index (χ1v) is 18.1. The third kappa shape index (κ3) is 8.96. The van der Waals surface area contributed by atoms with Gasteiger partial charge in [0.05, 0.1) is 43.6 Å². The molecule has 0 bridgehead atoms. The van der Waals surface area contributed by atoms with Crippen LogP contribution in [0, 0.1) is 11.8 Å². The highest BCUT2D eigenvalue weighted by atomic mass is 16.8. The van der Waals surface area contributed by atoms with Gasteiger partial charge in [-0.25, -0.2) is 0 Å². The number of nitrogens with two attached hydrogens (primary N) is 4. The molecule has 2 aliphatic carbocycles. The van der Waals surface area contributed by atoms with E-state index in [1.165, 1.54) is 0 Å². The lowest BCUT2D eigenvalue weighted by Crippen LogP contribution is -2.64. The van der Waals surface area contributed by atoms with Gasteiger partial charge in [0.25, 0.3) is 0 Å². The maximum atomic E-state index is 13.2. The van der Waals surface area contributed by atoms with Crippen molar-refractivity contribution in [2.24, 2.45) is 34.8 Å². The van der Waals surface area contributed by atoms with Crippen molar-refractivity contribution in [2.45, 2.75) is 149 Å². The molecular formula is C32H59N5O15. The molecule has 0 unspecified atom stereocenters. The first kappa shape index (κ1) is 42.1. The number of ketones is 1. The van der Waals surface area contributed by atoms with Gasteiger partial charge in [-0.15, -0.1) is 0 Å². The maximum absolute atomic E-state index is 13.2. The summed E-state index contributed by atoms with van der Waals surface area (Å²) in [5, 5.41) is 87.6. The zero-order valence-corrected chi connectivity index (χ0v) is 29.3. The number of rotatable bonds is 15. The van der Waals surface area contributed by atoms with Crippen molar-refractivity contribution < 1.29 is 74.1 Å². The minimum absolute atomic E-state index is 0.0710. The van der Waals surface area contributed by atoms with Gasteiger partial charge in [-0.2, -0.15) is 0 Å². The van der Waals surface area contributed by atoms with E-state index in [1.54, 1.807) is 0 Å². The number of carbonyl (C=O) groups excluding carboxylic acids is 1. The summed E-state index contributed by atoms with van der Waals surface area (Å²) in [6.07, 6.45) is -17.5. The molecule has 0 aromatic carbocycles. The van der Waals surface area contributed by atoms with Crippen molar-refractivity contribution in [1.82, 2.24) is 5.32 Å². The average Bonchev–Trinajstić information content (AvgIpc) is 3.39. The summed E-state index contributed by atoms with van der Waals surface area (Å²) in [6.45, 7) is 1.36. The van der Waals surface area contributed by atoms with E-state index in [2.05, 4.69) is 5.32 Å². The standard InChI is InChI=1S/C32H59N5O15/c1-12-7-32(46,8-12)20(41)5-13-4-14(34)26(50-29-15(35)6-16(40)18(48-29)10-37-2-3-38)28(22(13)42)52-31-25(45)27(19(11-39)49-31)51-30-21(36)24(44)23(43)17(9-33)47-30/h12-19,21-31,37-40,42-46H,2-11,33-36H2,1H3/t12?,13-,14-,15+,16-,17-,18+,19+,21+,22-,23+,24+,25+,26+,27+,28+,29+,30+,31-,32?/m0/s1. The van der Waals surface area contributed by atoms with Crippen molar-refractivity contribution in [2.75, 3.05) is 32.8 Å². The lowest BCUT2D eigenvalue weighted by atomic mass is 9.66. The first-order valence-electron chi connectivity index (χ1n) is 18.1. The highest BCUT2D eigenvalue weighted by Gasteiger charge is 2.55. The van der Waals surface area contributed by atoms with E-state index in [-0.39, 0.29) is 51.4 Å². The molecule has 20 heteroatoms. The van der Waals surface area contributed by atoms with E-state index >= 15 is 0 Å². The van der Waals surface area contributed by atoms with Crippen molar-refractivity contribution in [3.05, 3.63) is 0 Å². The van der Waals surface area contributed by atoms with Crippen molar-refractivity contribution >= 4 is 5.78 Å². The molecule has 2 saturated carbocycles. The van der Waals surface area contributed by atoms with Crippen molar-refractivity contribution in [1.29, 1.82) is 0 Å². The van der Waals surface area contributed by atoms with E-state index in [0.717, 1.165) is 0 Å². The van der Waals surface area contributed by atoms with Gasteiger partial charge in [-0.3, -0.25) is 4.79 Å². The van der Waals surface area contributed by atoms with Crippen LogP contribution in [0.1, 0.15) is 39.0 Å². The summed E-state index contributed by atoms with van der Waals surface area (Å²) in [5.74, 6) is -1.08. The zero-order chi connectivity index (χ0) is 38.1. The second-order valence-electron chi connectivity index (χ2n) is 15.1. The van der Waals surface area contributed by atoms with Gasteiger partial charge in [0.2, 0.25) is 0 Å². The number of hydrogen-bond acceptors (Lipinski definition) is 20. The second kappa shape index (κ2) is 17.8.